The molecule has 4 heterocycles. The molecule has 14 heteroatoms. The molecule has 2 atom stereocenters. The maximum absolute atomic E-state index is 14.8. The fourth-order valence-corrected chi connectivity index (χ4v) is 10.3. The Morgan fingerprint density at radius 1 is 0.898 bits per heavy atom. The molecule has 2 saturated heterocycles. The second kappa shape index (κ2) is 16.8. The maximum Gasteiger partial charge on any atom is 0.435 e. The normalized spacial score (nSPS) is 22.8. The van der Waals surface area contributed by atoms with Crippen LogP contribution in [0.25, 0.3) is 22.4 Å². The minimum atomic E-state index is -4.74. The van der Waals surface area contributed by atoms with Crippen LogP contribution in [-0.2, 0) is 46.4 Å². The summed E-state index contributed by atoms with van der Waals surface area (Å²) in [5.41, 5.74) is 4.29. The molecular formula is C45H49ClF3N5O5. The average molecular weight is 832 g/mol. The van der Waals surface area contributed by atoms with Crippen LogP contribution in [0.3, 0.4) is 0 Å². The van der Waals surface area contributed by atoms with Gasteiger partial charge in [-0.1, -0.05) is 54.1 Å². The highest BCUT2D eigenvalue weighted by atomic mass is 35.5. The van der Waals surface area contributed by atoms with Crippen molar-refractivity contribution in [1.29, 1.82) is 0 Å². The first-order chi connectivity index (χ1) is 28.4. The summed E-state index contributed by atoms with van der Waals surface area (Å²) in [6.45, 7) is 1.79. The van der Waals surface area contributed by atoms with Gasteiger partial charge in [-0.3, -0.25) is 14.5 Å². The molecule has 10 nitrogen and oxygen atoms in total. The highest BCUT2D eigenvalue weighted by molar-refractivity contribution is 6.36. The minimum Gasteiger partial charge on any atom is -0.481 e. The van der Waals surface area contributed by atoms with E-state index in [2.05, 4.69) is 15.3 Å². The summed E-state index contributed by atoms with van der Waals surface area (Å²) in [4.78, 5) is 40.0. The van der Waals surface area contributed by atoms with Crippen molar-refractivity contribution >= 4 is 23.4 Å². The van der Waals surface area contributed by atoms with Crippen molar-refractivity contribution < 1.29 is 37.0 Å². The van der Waals surface area contributed by atoms with Gasteiger partial charge in [0.1, 0.15) is 11.5 Å². The van der Waals surface area contributed by atoms with Gasteiger partial charge in [-0.05, 0) is 92.5 Å². The van der Waals surface area contributed by atoms with Crippen LogP contribution in [0.4, 0.5) is 13.2 Å². The number of pyridine rings is 1. The van der Waals surface area contributed by atoms with Crippen LogP contribution in [0, 0.1) is 11.3 Å². The number of carbonyl (C=O) groups excluding carboxylic acids is 2. The number of ketones is 1. The van der Waals surface area contributed by atoms with Gasteiger partial charge >= 0.3 is 12.1 Å². The Morgan fingerprint density at radius 2 is 1.64 bits per heavy atom. The van der Waals surface area contributed by atoms with Crippen molar-refractivity contribution in [2.24, 2.45) is 11.3 Å². The van der Waals surface area contributed by atoms with Crippen LogP contribution >= 0.6 is 11.6 Å². The number of carbonyl (C=O) groups is 2. The molecular weight excluding hydrogens is 783 g/mol. The molecule has 0 radical (unpaired) electrons. The quantitative estimate of drug-likeness (QED) is 0.132. The van der Waals surface area contributed by atoms with Crippen molar-refractivity contribution in [3.63, 3.8) is 0 Å². The summed E-state index contributed by atoms with van der Waals surface area (Å²) in [6.07, 6.45) is 1.69. The Hall–Kier alpha value is -4.59. The average Bonchev–Trinajstić information content (AvgIpc) is 3.86. The van der Waals surface area contributed by atoms with E-state index in [1.54, 1.807) is 7.11 Å². The number of nitrogens with one attached hydrogen (secondary N) is 1. The SMILES string of the molecule is COC(=O)C12CCC(CC1)N(Cc1nc(C(F)(F)F)c(C[C@H]3CCc4c(-c5cccc(-c6ccc(CNC[C@@H]7CCC(=O)C7)c(OC)n6)c5Cl)cccc43)nc1OC)C2. The van der Waals surface area contributed by atoms with Gasteiger partial charge in [-0.15, -0.1) is 0 Å². The Labute approximate surface area is 347 Å². The van der Waals surface area contributed by atoms with E-state index in [1.165, 1.54) is 14.2 Å². The summed E-state index contributed by atoms with van der Waals surface area (Å²) >= 11 is 7.19. The lowest BCUT2D eigenvalue weighted by Gasteiger charge is -2.51. The molecule has 2 saturated carbocycles. The third kappa shape index (κ3) is 8.17. The van der Waals surface area contributed by atoms with E-state index in [0.29, 0.717) is 79.9 Å². The van der Waals surface area contributed by atoms with Gasteiger partial charge in [0.15, 0.2) is 5.69 Å². The third-order valence-corrected chi connectivity index (χ3v) is 13.4. The van der Waals surface area contributed by atoms with Gasteiger partial charge < -0.3 is 19.5 Å². The molecule has 5 aliphatic rings. The first-order valence-electron chi connectivity index (χ1n) is 20.4. The second-order valence-electron chi connectivity index (χ2n) is 16.5. The van der Waals surface area contributed by atoms with Crippen LogP contribution in [0.2, 0.25) is 5.02 Å². The number of rotatable bonds is 13. The zero-order valence-electron chi connectivity index (χ0n) is 33.6. The zero-order chi connectivity index (χ0) is 41.5. The predicted octanol–water partition coefficient (Wildman–Crippen LogP) is 8.54. The molecule has 0 amide bonds. The number of halogens is 4. The molecule has 312 valence electrons. The number of benzene rings is 2. The van der Waals surface area contributed by atoms with E-state index in [4.69, 9.17) is 30.8 Å². The molecule has 4 aromatic rings. The summed E-state index contributed by atoms with van der Waals surface area (Å²) in [6, 6.07) is 15.7. The molecule has 0 spiro atoms. The van der Waals surface area contributed by atoms with Crippen LogP contribution in [0.1, 0.15) is 91.1 Å². The minimum absolute atomic E-state index is 0.0319. The van der Waals surface area contributed by atoms with Crippen molar-refractivity contribution in [2.45, 2.75) is 95.4 Å². The number of nitrogens with zero attached hydrogens (tertiary/aromatic N) is 4. The molecule has 2 bridgehead atoms. The first kappa shape index (κ1) is 41.2. The Bertz CT molecular complexity index is 2240. The van der Waals surface area contributed by atoms with E-state index in [0.717, 1.165) is 59.2 Å². The largest absolute Gasteiger partial charge is 0.481 e. The summed E-state index contributed by atoms with van der Waals surface area (Å²) < 4.78 is 60.9. The van der Waals surface area contributed by atoms with Crippen molar-refractivity contribution in [3.05, 3.63) is 87.3 Å². The summed E-state index contributed by atoms with van der Waals surface area (Å²) in [7, 11) is 4.36. The lowest BCUT2D eigenvalue weighted by molar-refractivity contribution is -0.163. The molecule has 9 rings (SSSR count). The second-order valence-corrected chi connectivity index (χ2v) is 16.9. The highest BCUT2D eigenvalue weighted by Crippen LogP contribution is 2.48. The van der Waals surface area contributed by atoms with Gasteiger partial charge in [0.05, 0.1) is 43.2 Å². The molecule has 59 heavy (non-hydrogen) atoms. The Kier molecular flexibility index (Phi) is 11.7. The number of ether oxygens (including phenoxy) is 3. The number of hydrogen-bond acceptors (Lipinski definition) is 10. The monoisotopic (exact) mass is 831 g/mol. The van der Waals surface area contributed by atoms with Gasteiger partial charge in [0, 0.05) is 55.2 Å². The van der Waals surface area contributed by atoms with E-state index in [1.807, 2.05) is 53.4 Å². The summed E-state index contributed by atoms with van der Waals surface area (Å²) in [5.74, 6) is 0.713. The standard InChI is InChI=1S/C45H49ClF3N5O5/c1-57-41-28(23-50-22-26-10-13-30(55)20-26)12-15-36(52-41)35-9-5-8-34(39(35)46)32-7-4-6-31-27(11-14-33(31)32)21-37-40(45(47,48)49)51-38(42(53-37)58-2)24-54-25-44(43(56)59-3)18-16-29(54)17-19-44/h4-9,12,15,26-27,29,50H,10-11,13-14,16-25H2,1-3H3/t26-,27-,29?,44?/m1/s1. The van der Waals surface area contributed by atoms with Gasteiger partial charge in [0.25, 0.3) is 0 Å². The molecule has 0 unspecified atom stereocenters. The fraction of sp³-hybridized carbons (Fsp3) is 0.489. The van der Waals surface area contributed by atoms with Crippen molar-refractivity contribution in [3.8, 4) is 34.1 Å². The van der Waals surface area contributed by atoms with Crippen LogP contribution in [0.15, 0.2) is 48.5 Å². The Balaban J connectivity index is 1.03. The maximum atomic E-state index is 14.8. The number of methoxy groups -OCH3 is 3. The molecule has 2 aromatic heterocycles. The van der Waals surface area contributed by atoms with Gasteiger partial charge in [-0.25, -0.2) is 15.0 Å². The molecule has 2 aliphatic heterocycles. The lowest BCUT2D eigenvalue weighted by Crippen LogP contribution is -2.57. The van der Waals surface area contributed by atoms with E-state index < -0.39 is 17.3 Å². The number of hydrogen-bond donors (Lipinski definition) is 1. The highest BCUT2D eigenvalue weighted by Gasteiger charge is 2.50. The molecule has 4 fully saturated rings. The smallest absolute Gasteiger partial charge is 0.435 e. The van der Waals surface area contributed by atoms with Crippen LogP contribution < -0.4 is 14.8 Å². The number of Topliss-reactive ketones (excluding diaryl/α,β-unsaturated/α-hetero) is 1. The third-order valence-electron chi connectivity index (χ3n) is 13.0. The topological polar surface area (TPSA) is 116 Å². The van der Waals surface area contributed by atoms with E-state index in [-0.39, 0.29) is 48.2 Å². The molecule has 2 aromatic carbocycles. The predicted molar refractivity (Wildman–Crippen MR) is 216 cm³/mol. The van der Waals surface area contributed by atoms with Crippen LogP contribution in [0.5, 0.6) is 11.8 Å². The van der Waals surface area contributed by atoms with E-state index >= 15 is 0 Å². The van der Waals surface area contributed by atoms with Crippen molar-refractivity contribution in [2.75, 3.05) is 34.4 Å². The van der Waals surface area contributed by atoms with Gasteiger partial charge in [0.2, 0.25) is 11.8 Å². The molecule has 1 N–H and O–H groups in total. The number of alkyl halides is 3. The molecule has 3 aliphatic carbocycles. The lowest BCUT2D eigenvalue weighted by atomic mass is 9.67. The number of fused-ring (bicyclic) bond motifs is 4. The van der Waals surface area contributed by atoms with Crippen LogP contribution in [-0.4, -0.2) is 72.1 Å². The first-order valence-corrected chi connectivity index (χ1v) is 20.8. The zero-order valence-corrected chi connectivity index (χ0v) is 34.3. The Morgan fingerprint density at radius 3 is 2.36 bits per heavy atom. The summed E-state index contributed by atoms with van der Waals surface area (Å²) in [5, 5.41) is 3.96. The van der Waals surface area contributed by atoms with E-state index in [9.17, 15) is 22.8 Å². The number of piperidine rings is 2. The van der Waals surface area contributed by atoms with Gasteiger partial charge in [-0.2, -0.15) is 13.2 Å². The number of aromatic nitrogens is 3. The number of esters is 1. The fourth-order valence-electron chi connectivity index (χ4n) is 9.96. The van der Waals surface area contributed by atoms with Crippen molar-refractivity contribution in [1.82, 2.24) is 25.2 Å².